The summed E-state index contributed by atoms with van der Waals surface area (Å²) in [7, 11) is 1.56. The third-order valence-corrected chi connectivity index (χ3v) is 3.71. The van der Waals surface area contributed by atoms with E-state index in [4.69, 9.17) is 16.3 Å². The Morgan fingerprint density at radius 2 is 2.17 bits per heavy atom. The van der Waals surface area contributed by atoms with Gasteiger partial charge in [-0.15, -0.1) is 10.2 Å². The van der Waals surface area contributed by atoms with E-state index in [1.54, 1.807) is 37.4 Å². The molecule has 0 saturated carbocycles. The number of aromatic nitrogens is 4. The Morgan fingerprint density at radius 3 is 2.88 bits per heavy atom. The van der Waals surface area contributed by atoms with Crippen LogP contribution in [0, 0.1) is 0 Å². The second-order valence-corrected chi connectivity index (χ2v) is 5.41. The molecule has 2 aromatic carbocycles. The van der Waals surface area contributed by atoms with Crippen molar-refractivity contribution in [1.29, 1.82) is 0 Å². The Kier molecular flexibility index (Phi) is 4.72. The van der Waals surface area contributed by atoms with Crippen molar-refractivity contribution in [3.05, 3.63) is 53.1 Å². The molecule has 0 saturated heterocycles. The summed E-state index contributed by atoms with van der Waals surface area (Å²) in [5.41, 5.74) is 2.13. The van der Waals surface area contributed by atoms with Crippen LogP contribution in [-0.2, 0) is 11.2 Å². The molecule has 1 amide bonds. The Morgan fingerprint density at radius 1 is 1.29 bits per heavy atom. The van der Waals surface area contributed by atoms with E-state index in [1.165, 1.54) is 0 Å². The molecule has 8 heteroatoms. The number of benzene rings is 2. The standard InChI is InChI=1S/C16H14ClN5O2/c1-24-13-6-5-10(14(17)9-13)8-15(23)18-12-4-2-3-11(7-12)16-19-21-22-20-16/h2-7,9H,8H2,1H3,(H,18,23)(H,19,20,21,22). The van der Waals surface area contributed by atoms with E-state index in [0.717, 1.165) is 11.1 Å². The number of halogens is 1. The summed E-state index contributed by atoms with van der Waals surface area (Å²) >= 11 is 6.16. The predicted octanol–water partition coefficient (Wildman–Crippen LogP) is 2.71. The zero-order chi connectivity index (χ0) is 16.9. The van der Waals surface area contributed by atoms with Crippen molar-refractivity contribution in [2.75, 3.05) is 12.4 Å². The largest absolute Gasteiger partial charge is 0.497 e. The molecule has 7 nitrogen and oxygen atoms in total. The lowest BCUT2D eigenvalue weighted by Crippen LogP contribution is -2.14. The lowest BCUT2D eigenvalue weighted by Gasteiger charge is -2.08. The van der Waals surface area contributed by atoms with Gasteiger partial charge in [0.05, 0.1) is 13.5 Å². The first-order valence-corrected chi connectivity index (χ1v) is 7.49. The molecule has 0 aliphatic heterocycles. The monoisotopic (exact) mass is 343 g/mol. The first-order chi connectivity index (χ1) is 11.7. The van der Waals surface area contributed by atoms with Gasteiger partial charge in [-0.2, -0.15) is 5.21 Å². The molecule has 0 atom stereocenters. The van der Waals surface area contributed by atoms with Gasteiger partial charge in [0.15, 0.2) is 0 Å². The highest BCUT2D eigenvalue weighted by atomic mass is 35.5. The van der Waals surface area contributed by atoms with Crippen molar-refractivity contribution in [2.24, 2.45) is 0 Å². The van der Waals surface area contributed by atoms with Crippen LogP contribution in [-0.4, -0.2) is 33.6 Å². The highest BCUT2D eigenvalue weighted by molar-refractivity contribution is 6.31. The number of aromatic amines is 1. The first-order valence-electron chi connectivity index (χ1n) is 7.12. The highest BCUT2D eigenvalue weighted by Gasteiger charge is 2.10. The zero-order valence-electron chi connectivity index (χ0n) is 12.8. The summed E-state index contributed by atoms with van der Waals surface area (Å²) in [6.07, 6.45) is 0.162. The fourth-order valence-electron chi connectivity index (χ4n) is 2.20. The summed E-state index contributed by atoms with van der Waals surface area (Å²) in [6.45, 7) is 0. The van der Waals surface area contributed by atoms with Crippen molar-refractivity contribution in [3.63, 3.8) is 0 Å². The number of methoxy groups -OCH3 is 1. The minimum Gasteiger partial charge on any atom is -0.497 e. The van der Waals surface area contributed by atoms with Crippen LogP contribution in [0.4, 0.5) is 5.69 Å². The molecule has 122 valence electrons. The van der Waals surface area contributed by atoms with Crippen molar-refractivity contribution in [2.45, 2.75) is 6.42 Å². The molecule has 0 aliphatic carbocycles. The molecule has 1 heterocycles. The lowest BCUT2D eigenvalue weighted by atomic mass is 10.1. The quantitative estimate of drug-likeness (QED) is 0.743. The van der Waals surface area contributed by atoms with Crippen LogP contribution in [0.5, 0.6) is 5.75 Å². The molecule has 3 aromatic rings. The molecule has 0 radical (unpaired) electrons. The van der Waals surface area contributed by atoms with E-state index >= 15 is 0 Å². The number of nitrogens with one attached hydrogen (secondary N) is 2. The molecule has 0 spiro atoms. The number of amides is 1. The SMILES string of the molecule is COc1ccc(CC(=O)Nc2cccc(-c3nn[nH]n3)c2)c(Cl)c1. The Balaban J connectivity index is 1.70. The van der Waals surface area contributed by atoms with Gasteiger partial charge < -0.3 is 10.1 Å². The number of carbonyl (C=O) groups is 1. The lowest BCUT2D eigenvalue weighted by molar-refractivity contribution is -0.115. The summed E-state index contributed by atoms with van der Waals surface area (Å²) in [5, 5.41) is 17.1. The highest BCUT2D eigenvalue weighted by Crippen LogP contribution is 2.23. The first kappa shape index (κ1) is 15.9. The number of rotatable bonds is 5. The van der Waals surface area contributed by atoms with Gasteiger partial charge in [0, 0.05) is 16.3 Å². The molecule has 0 bridgehead atoms. The van der Waals surface area contributed by atoms with Gasteiger partial charge in [0.2, 0.25) is 11.7 Å². The number of tetrazole rings is 1. The number of hydrogen-bond acceptors (Lipinski definition) is 5. The van der Waals surface area contributed by atoms with E-state index < -0.39 is 0 Å². The van der Waals surface area contributed by atoms with E-state index in [-0.39, 0.29) is 12.3 Å². The predicted molar refractivity (Wildman–Crippen MR) is 90.0 cm³/mol. The average molecular weight is 344 g/mol. The van der Waals surface area contributed by atoms with Crippen LogP contribution >= 0.6 is 11.6 Å². The zero-order valence-corrected chi connectivity index (χ0v) is 13.5. The Bertz CT molecular complexity index is 851. The van der Waals surface area contributed by atoms with Gasteiger partial charge in [-0.1, -0.05) is 29.8 Å². The molecule has 0 fully saturated rings. The topological polar surface area (TPSA) is 92.8 Å². The van der Waals surface area contributed by atoms with Gasteiger partial charge in [-0.25, -0.2) is 0 Å². The van der Waals surface area contributed by atoms with Crippen LogP contribution in [0.2, 0.25) is 5.02 Å². The number of hydrogen-bond donors (Lipinski definition) is 2. The minimum atomic E-state index is -0.174. The molecule has 1 aromatic heterocycles. The third-order valence-electron chi connectivity index (χ3n) is 3.36. The molecular weight excluding hydrogens is 330 g/mol. The fourth-order valence-corrected chi connectivity index (χ4v) is 2.43. The fraction of sp³-hybridized carbons (Fsp3) is 0.125. The van der Waals surface area contributed by atoms with E-state index in [0.29, 0.717) is 22.3 Å². The van der Waals surface area contributed by atoms with Gasteiger partial charge in [0.25, 0.3) is 0 Å². The molecule has 3 rings (SSSR count). The summed E-state index contributed by atoms with van der Waals surface area (Å²) < 4.78 is 5.09. The van der Waals surface area contributed by atoms with Crippen LogP contribution in [0.3, 0.4) is 0 Å². The van der Waals surface area contributed by atoms with Crippen molar-refractivity contribution < 1.29 is 9.53 Å². The number of carbonyl (C=O) groups excluding carboxylic acids is 1. The molecule has 0 aliphatic rings. The van der Waals surface area contributed by atoms with Crippen LogP contribution in [0.15, 0.2) is 42.5 Å². The Labute approximate surface area is 143 Å². The van der Waals surface area contributed by atoms with Crippen molar-refractivity contribution in [1.82, 2.24) is 20.6 Å². The van der Waals surface area contributed by atoms with E-state index in [2.05, 4.69) is 25.9 Å². The normalized spacial score (nSPS) is 10.4. The number of nitrogens with zero attached hydrogens (tertiary/aromatic N) is 3. The number of anilines is 1. The number of ether oxygens (including phenoxy) is 1. The van der Waals surface area contributed by atoms with Gasteiger partial charge in [0.1, 0.15) is 5.75 Å². The summed E-state index contributed by atoms with van der Waals surface area (Å²) in [4.78, 5) is 12.2. The van der Waals surface area contributed by atoms with Gasteiger partial charge in [-0.3, -0.25) is 4.79 Å². The summed E-state index contributed by atoms with van der Waals surface area (Å²) in [6, 6.07) is 12.4. The van der Waals surface area contributed by atoms with Gasteiger partial charge >= 0.3 is 0 Å². The second-order valence-electron chi connectivity index (χ2n) is 5.00. The smallest absolute Gasteiger partial charge is 0.228 e. The van der Waals surface area contributed by atoms with Crippen LogP contribution < -0.4 is 10.1 Å². The van der Waals surface area contributed by atoms with Gasteiger partial charge in [-0.05, 0) is 35.0 Å². The van der Waals surface area contributed by atoms with Crippen LogP contribution in [0.1, 0.15) is 5.56 Å². The van der Waals surface area contributed by atoms with E-state index in [9.17, 15) is 4.79 Å². The third kappa shape index (κ3) is 3.69. The second kappa shape index (κ2) is 7.10. The average Bonchev–Trinajstić information content (AvgIpc) is 3.11. The minimum absolute atomic E-state index is 0.162. The molecule has 24 heavy (non-hydrogen) atoms. The van der Waals surface area contributed by atoms with Crippen LogP contribution in [0.25, 0.3) is 11.4 Å². The molecule has 0 unspecified atom stereocenters. The maximum Gasteiger partial charge on any atom is 0.228 e. The molecule has 2 N–H and O–H groups in total. The van der Waals surface area contributed by atoms with Crippen molar-refractivity contribution >= 4 is 23.2 Å². The van der Waals surface area contributed by atoms with Crippen molar-refractivity contribution in [3.8, 4) is 17.1 Å². The van der Waals surface area contributed by atoms with E-state index in [1.807, 2.05) is 12.1 Å². The summed E-state index contributed by atoms with van der Waals surface area (Å²) in [5.74, 6) is 0.939. The maximum atomic E-state index is 12.2. The molecular formula is C16H14ClN5O2. The Hall–Kier alpha value is -2.93. The maximum absolute atomic E-state index is 12.2. The number of H-pyrrole nitrogens is 1.